The number of ether oxygens (including phenoxy) is 1. The number of hydrogen-bond acceptors (Lipinski definition) is 7. The van der Waals surface area contributed by atoms with Gasteiger partial charge in [-0.3, -0.25) is 4.79 Å². The molecule has 3 N–H and O–H groups in total. The van der Waals surface area contributed by atoms with Crippen LogP contribution in [-0.2, 0) is 4.79 Å². The maximum Gasteiger partial charge on any atom is 0.240 e. The highest BCUT2D eigenvalue weighted by molar-refractivity contribution is 7.99. The minimum atomic E-state index is -0.304. The van der Waals surface area contributed by atoms with Crippen molar-refractivity contribution in [2.75, 3.05) is 23.6 Å². The zero-order valence-corrected chi connectivity index (χ0v) is 16.6. The molecule has 0 spiro atoms. The fraction of sp³-hybridized carbons (Fsp3) is 0.158. The Kier molecular flexibility index (Phi) is 6.80. The van der Waals surface area contributed by atoms with Crippen molar-refractivity contribution in [2.45, 2.75) is 12.1 Å². The number of carbonyl (C=O) groups is 1. The van der Waals surface area contributed by atoms with E-state index in [-0.39, 0.29) is 17.5 Å². The third-order valence-corrected chi connectivity index (χ3v) is 4.62. The van der Waals surface area contributed by atoms with Gasteiger partial charge in [0.2, 0.25) is 17.0 Å². The standard InChI is InChI=1S/C19H19FN6O2S/c1-12(13-7-9-14(20)10-8-13)23-24-18-22-19(26-25-18)29-11-17(27)21-15-5-3-4-6-16(15)28-2/h3-10H,11H2,1-2H3,(H,21,27)(H2,22,24,25,26)/b23-12+. The van der Waals surface area contributed by atoms with Crippen LogP contribution >= 0.6 is 11.8 Å². The number of carbonyl (C=O) groups excluding carboxylic acids is 1. The van der Waals surface area contributed by atoms with Crippen molar-refractivity contribution < 1.29 is 13.9 Å². The molecule has 3 aromatic rings. The van der Waals surface area contributed by atoms with Gasteiger partial charge in [-0.2, -0.15) is 10.1 Å². The van der Waals surface area contributed by atoms with Crippen LogP contribution in [-0.4, -0.2) is 39.7 Å². The van der Waals surface area contributed by atoms with Gasteiger partial charge in [0, 0.05) is 0 Å². The lowest BCUT2D eigenvalue weighted by atomic mass is 10.1. The number of anilines is 2. The topological polar surface area (TPSA) is 104 Å². The number of nitrogens with zero attached hydrogens (tertiary/aromatic N) is 3. The van der Waals surface area contributed by atoms with E-state index in [1.807, 2.05) is 12.1 Å². The molecule has 2 aromatic carbocycles. The van der Waals surface area contributed by atoms with E-state index in [4.69, 9.17) is 4.74 Å². The quantitative estimate of drug-likeness (QED) is 0.296. The molecular formula is C19H19FN6O2S. The number of benzene rings is 2. The number of aromatic nitrogens is 3. The number of nitrogens with one attached hydrogen (secondary N) is 3. The highest BCUT2D eigenvalue weighted by atomic mass is 32.2. The summed E-state index contributed by atoms with van der Waals surface area (Å²) in [5.74, 6) is 0.543. The zero-order valence-electron chi connectivity index (χ0n) is 15.8. The highest BCUT2D eigenvalue weighted by Gasteiger charge is 2.10. The van der Waals surface area contributed by atoms with Gasteiger partial charge in [-0.25, -0.2) is 14.9 Å². The summed E-state index contributed by atoms with van der Waals surface area (Å²) in [6.07, 6.45) is 0. The van der Waals surface area contributed by atoms with E-state index in [2.05, 4.69) is 31.0 Å². The molecule has 1 amide bonds. The van der Waals surface area contributed by atoms with E-state index < -0.39 is 0 Å². The Morgan fingerprint density at radius 2 is 2.00 bits per heavy atom. The van der Waals surface area contributed by atoms with E-state index in [0.717, 1.165) is 5.56 Å². The number of H-pyrrole nitrogens is 1. The lowest BCUT2D eigenvalue weighted by Crippen LogP contribution is -2.14. The zero-order chi connectivity index (χ0) is 20.6. The van der Waals surface area contributed by atoms with Crippen LogP contribution < -0.4 is 15.5 Å². The van der Waals surface area contributed by atoms with Crippen LogP contribution in [0.15, 0.2) is 58.8 Å². The maximum absolute atomic E-state index is 13.0. The Hall–Kier alpha value is -3.40. The molecule has 0 saturated heterocycles. The second-order valence-corrected chi connectivity index (χ2v) is 6.76. The predicted molar refractivity (Wildman–Crippen MR) is 111 cm³/mol. The SMILES string of the molecule is COc1ccccc1NC(=O)CSc1n[nH]c(N/N=C(\C)c2ccc(F)cc2)n1. The van der Waals surface area contributed by atoms with Crippen LogP contribution in [0.3, 0.4) is 0 Å². The summed E-state index contributed by atoms with van der Waals surface area (Å²) in [5.41, 5.74) is 4.79. The van der Waals surface area contributed by atoms with Gasteiger partial charge in [-0.05, 0) is 36.8 Å². The molecule has 10 heteroatoms. The number of para-hydroxylation sites is 2. The number of halogens is 1. The molecule has 0 aliphatic heterocycles. The predicted octanol–water partition coefficient (Wildman–Crippen LogP) is 3.52. The molecule has 0 radical (unpaired) electrons. The summed E-state index contributed by atoms with van der Waals surface area (Å²) in [4.78, 5) is 16.4. The first kappa shape index (κ1) is 20.3. The first-order valence-electron chi connectivity index (χ1n) is 8.59. The summed E-state index contributed by atoms with van der Waals surface area (Å²) < 4.78 is 18.2. The van der Waals surface area contributed by atoms with Crippen molar-refractivity contribution in [1.82, 2.24) is 15.2 Å². The molecule has 3 rings (SSSR count). The Bertz CT molecular complexity index is 1010. The Morgan fingerprint density at radius 3 is 2.76 bits per heavy atom. The van der Waals surface area contributed by atoms with Crippen molar-refractivity contribution in [3.8, 4) is 5.75 Å². The van der Waals surface area contributed by atoms with Gasteiger partial charge >= 0.3 is 0 Å². The minimum absolute atomic E-state index is 0.132. The summed E-state index contributed by atoms with van der Waals surface area (Å²) in [7, 11) is 1.54. The molecular weight excluding hydrogens is 395 g/mol. The Balaban J connectivity index is 1.51. The first-order chi connectivity index (χ1) is 14.0. The lowest BCUT2D eigenvalue weighted by Gasteiger charge is -2.08. The van der Waals surface area contributed by atoms with Crippen LogP contribution in [0.1, 0.15) is 12.5 Å². The van der Waals surface area contributed by atoms with Gasteiger partial charge in [-0.15, -0.1) is 5.10 Å². The van der Waals surface area contributed by atoms with Crippen LogP contribution in [0.25, 0.3) is 0 Å². The number of amides is 1. The van der Waals surface area contributed by atoms with Gasteiger partial charge in [0.05, 0.1) is 24.3 Å². The number of hydrogen-bond donors (Lipinski definition) is 3. The molecule has 0 aliphatic rings. The molecule has 0 atom stereocenters. The highest BCUT2D eigenvalue weighted by Crippen LogP contribution is 2.23. The van der Waals surface area contributed by atoms with Crippen LogP contribution in [0.4, 0.5) is 16.0 Å². The van der Waals surface area contributed by atoms with E-state index in [0.29, 0.717) is 28.3 Å². The number of aromatic amines is 1. The van der Waals surface area contributed by atoms with Gasteiger partial charge in [0.15, 0.2) is 0 Å². The lowest BCUT2D eigenvalue weighted by molar-refractivity contribution is -0.113. The van der Waals surface area contributed by atoms with Gasteiger partial charge in [-0.1, -0.05) is 36.0 Å². The first-order valence-corrected chi connectivity index (χ1v) is 9.58. The second-order valence-electron chi connectivity index (χ2n) is 5.82. The fourth-order valence-electron chi connectivity index (χ4n) is 2.32. The van der Waals surface area contributed by atoms with E-state index in [1.54, 1.807) is 38.3 Å². The smallest absolute Gasteiger partial charge is 0.240 e. The molecule has 1 heterocycles. The normalized spacial score (nSPS) is 11.2. The summed E-state index contributed by atoms with van der Waals surface area (Å²) in [6, 6.07) is 13.2. The van der Waals surface area contributed by atoms with Gasteiger partial charge in [0.1, 0.15) is 11.6 Å². The van der Waals surface area contributed by atoms with Crippen LogP contribution in [0, 0.1) is 5.82 Å². The van der Waals surface area contributed by atoms with E-state index in [9.17, 15) is 9.18 Å². The molecule has 0 aliphatic carbocycles. The van der Waals surface area contributed by atoms with Gasteiger partial charge in [0.25, 0.3) is 0 Å². The summed E-state index contributed by atoms with van der Waals surface area (Å²) in [5, 5.41) is 14.1. The third-order valence-electron chi connectivity index (χ3n) is 3.77. The third kappa shape index (κ3) is 5.79. The number of methoxy groups -OCH3 is 1. The molecule has 1 aromatic heterocycles. The van der Waals surface area contributed by atoms with Crippen molar-refractivity contribution in [3.63, 3.8) is 0 Å². The van der Waals surface area contributed by atoms with Crippen molar-refractivity contribution in [3.05, 3.63) is 59.9 Å². The van der Waals surface area contributed by atoms with Crippen molar-refractivity contribution in [1.29, 1.82) is 0 Å². The Labute approximate surface area is 171 Å². The average molecular weight is 414 g/mol. The summed E-state index contributed by atoms with van der Waals surface area (Å²) in [6.45, 7) is 1.79. The fourth-order valence-corrected chi connectivity index (χ4v) is 2.92. The number of thioether (sulfide) groups is 1. The van der Waals surface area contributed by atoms with Crippen molar-refractivity contribution in [2.24, 2.45) is 5.10 Å². The largest absolute Gasteiger partial charge is 0.495 e. The molecule has 29 heavy (non-hydrogen) atoms. The Morgan fingerprint density at radius 1 is 1.24 bits per heavy atom. The molecule has 0 saturated carbocycles. The molecule has 0 unspecified atom stereocenters. The monoisotopic (exact) mass is 414 g/mol. The molecule has 0 bridgehead atoms. The van der Waals surface area contributed by atoms with Crippen LogP contribution in [0.5, 0.6) is 5.75 Å². The number of hydrazone groups is 1. The summed E-state index contributed by atoms with van der Waals surface area (Å²) >= 11 is 1.18. The average Bonchev–Trinajstić information content (AvgIpc) is 3.19. The van der Waals surface area contributed by atoms with Crippen LogP contribution in [0.2, 0.25) is 0 Å². The maximum atomic E-state index is 13.0. The second kappa shape index (κ2) is 9.69. The van der Waals surface area contributed by atoms with E-state index in [1.165, 1.54) is 23.9 Å². The minimum Gasteiger partial charge on any atom is -0.495 e. The van der Waals surface area contributed by atoms with Crippen molar-refractivity contribution >= 4 is 35.0 Å². The van der Waals surface area contributed by atoms with Gasteiger partial charge < -0.3 is 10.1 Å². The molecule has 0 fully saturated rings. The molecule has 150 valence electrons. The number of rotatable bonds is 8. The van der Waals surface area contributed by atoms with E-state index >= 15 is 0 Å². The molecule has 8 nitrogen and oxygen atoms in total.